The van der Waals surface area contributed by atoms with Crippen LogP contribution in [0.15, 0.2) is 11.8 Å². The second-order valence-electron chi connectivity index (χ2n) is 11.0. The van der Waals surface area contributed by atoms with Crippen molar-refractivity contribution in [1.29, 1.82) is 0 Å². The Labute approximate surface area is 204 Å². The zero-order valence-electron chi connectivity index (χ0n) is 19.5. The van der Waals surface area contributed by atoms with Gasteiger partial charge >= 0.3 is 5.97 Å². The predicted molar refractivity (Wildman–Crippen MR) is 133 cm³/mol. The Kier molecular flexibility index (Phi) is 7.59. The van der Waals surface area contributed by atoms with Crippen LogP contribution in [0.5, 0.6) is 0 Å². The largest absolute Gasteiger partial charge is 0.469 e. The Morgan fingerprint density at radius 3 is 2.58 bits per heavy atom. The van der Waals surface area contributed by atoms with Crippen molar-refractivity contribution in [3.05, 3.63) is 11.8 Å². The molecule has 3 fully saturated rings. The van der Waals surface area contributed by atoms with Crippen LogP contribution < -0.4 is 0 Å². The van der Waals surface area contributed by atoms with Gasteiger partial charge < -0.3 is 13.7 Å². The van der Waals surface area contributed by atoms with E-state index in [1.165, 1.54) is 60.6 Å². The van der Waals surface area contributed by atoms with Gasteiger partial charge in [0, 0.05) is 40.7 Å². The molecule has 4 aliphatic rings. The lowest BCUT2D eigenvalue weighted by molar-refractivity contribution is -0.140. The molecule has 31 heavy (non-hydrogen) atoms. The maximum atomic E-state index is 11.6. The van der Waals surface area contributed by atoms with Crippen LogP contribution >= 0.6 is 30.4 Å². The highest BCUT2D eigenvalue weighted by Gasteiger charge is 2.61. The van der Waals surface area contributed by atoms with Crippen molar-refractivity contribution >= 4 is 36.4 Å². The fourth-order valence-corrected chi connectivity index (χ4v) is 9.01. The SMILES string of the molecule is COC(=O)CCC[C@H]1CC[C@H]2[C@@H]3C(OSI)=C[C@@H]4C[C@H](OC)CC[C@]4(C)[C@H]3CC[C@]12C. The monoisotopic (exact) mass is 562 g/mol. The van der Waals surface area contributed by atoms with Gasteiger partial charge in [0.25, 0.3) is 0 Å². The summed E-state index contributed by atoms with van der Waals surface area (Å²) in [4.78, 5) is 11.6. The zero-order valence-corrected chi connectivity index (χ0v) is 22.5. The molecule has 0 spiro atoms. The van der Waals surface area contributed by atoms with E-state index in [-0.39, 0.29) is 5.97 Å². The number of hydrogen-bond acceptors (Lipinski definition) is 5. The Balaban J connectivity index is 1.57. The lowest BCUT2D eigenvalue weighted by atomic mass is 9.46. The van der Waals surface area contributed by atoms with Gasteiger partial charge in [0.2, 0.25) is 0 Å². The van der Waals surface area contributed by atoms with E-state index in [2.05, 4.69) is 41.1 Å². The molecule has 3 saturated carbocycles. The average molecular weight is 563 g/mol. The van der Waals surface area contributed by atoms with Crippen LogP contribution in [0.3, 0.4) is 0 Å². The van der Waals surface area contributed by atoms with Crippen molar-refractivity contribution in [2.45, 2.75) is 84.2 Å². The quantitative estimate of drug-likeness (QED) is 0.188. The second-order valence-corrected chi connectivity index (χ2v) is 12.4. The Bertz CT molecular complexity index is 699. The van der Waals surface area contributed by atoms with E-state index in [1.807, 2.05) is 7.11 Å². The standard InChI is InChI=1S/C25H39IO4S/c1-24-13-11-20-23(19(24)9-8-16(24)6-5-7-22(27)29-4)21(30-31-26)15-17-14-18(28-3)10-12-25(17,20)2/h15-20,23H,5-14H2,1-4H3/t16-,17-,18+,19-,20-,23-,24+,25-/m0/s1. The van der Waals surface area contributed by atoms with Crippen LogP contribution in [0.25, 0.3) is 0 Å². The van der Waals surface area contributed by atoms with Crippen molar-refractivity contribution < 1.29 is 18.5 Å². The van der Waals surface area contributed by atoms with E-state index < -0.39 is 0 Å². The van der Waals surface area contributed by atoms with E-state index >= 15 is 0 Å². The van der Waals surface area contributed by atoms with Gasteiger partial charge in [0.05, 0.1) is 13.2 Å². The molecule has 0 aromatic heterocycles. The van der Waals surface area contributed by atoms with Crippen molar-refractivity contribution in [2.24, 2.45) is 40.4 Å². The molecule has 0 aromatic rings. The molecule has 0 heterocycles. The molecule has 4 nitrogen and oxygen atoms in total. The molecule has 0 aromatic carbocycles. The first-order valence-corrected chi connectivity index (χ1v) is 15.4. The molecule has 4 aliphatic carbocycles. The van der Waals surface area contributed by atoms with Crippen LogP contribution in [0.2, 0.25) is 0 Å². The Morgan fingerprint density at radius 1 is 1.13 bits per heavy atom. The van der Waals surface area contributed by atoms with E-state index in [0.717, 1.165) is 19.3 Å². The molecule has 0 saturated heterocycles. The topological polar surface area (TPSA) is 44.8 Å². The molecule has 0 aliphatic heterocycles. The van der Waals surface area contributed by atoms with Gasteiger partial charge in [0.15, 0.2) is 0 Å². The van der Waals surface area contributed by atoms with Crippen molar-refractivity contribution in [3.63, 3.8) is 0 Å². The minimum absolute atomic E-state index is 0.0704. The van der Waals surface area contributed by atoms with Crippen LogP contribution in [0, 0.1) is 40.4 Å². The number of ether oxygens (including phenoxy) is 2. The molecule has 6 heteroatoms. The molecule has 4 rings (SSSR count). The molecule has 0 N–H and O–H groups in total. The highest BCUT2D eigenvalue weighted by Crippen LogP contribution is 2.68. The molecule has 0 unspecified atom stereocenters. The number of methoxy groups -OCH3 is 2. The third-order valence-electron chi connectivity index (χ3n) is 10.00. The minimum atomic E-state index is -0.0704. The van der Waals surface area contributed by atoms with Gasteiger partial charge in [0.1, 0.15) is 15.0 Å². The number of halogens is 1. The number of esters is 1. The number of carbonyl (C=O) groups excluding carboxylic acids is 1. The summed E-state index contributed by atoms with van der Waals surface area (Å²) in [6.07, 6.45) is 14.4. The smallest absolute Gasteiger partial charge is 0.305 e. The predicted octanol–water partition coefficient (Wildman–Crippen LogP) is 7.12. The van der Waals surface area contributed by atoms with Crippen LogP contribution in [0.4, 0.5) is 0 Å². The van der Waals surface area contributed by atoms with Gasteiger partial charge in [-0.1, -0.05) is 13.8 Å². The van der Waals surface area contributed by atoms with Gasteiger partial charge in [-0.25, -0.2) is 0 Å². The third kappa shape index (κ3) is 4.31. The summed E-state index contributed by atoms with van der Waals surface area (Å²) in [7, 11) is 4.84. The third-order valence-corrected chi connectivity index (χ3v) is 10.8. The maximum Gasteiger partial charge on any atom is 0.305 e. The minimum Gasteiger partial charge on any atom is -0.469 e. The first-order valence-electron chi connectivity index (χ1n) is 12.1. The summed E-state index contributed by atoms with van der Waals surface area (Å²) in [5.41, 5.74) is 0.732. The lowest BCUT2D eigenvalue weighted by Gasteiger charge is -2.59. The van der Waals surface area contributed by atoms with E-state index in [0.29, 0.717) is 52.9 Å². The fourth-order valence-electron chi connectivity index (χ4n) is 8.14. The molecular weight excluding hydrogens is 523 g/mol. The molecular formula is C25H39IO4S. The van der Waals surface area contributed by atoms with E-state index in [9.17, 15) is 4.79 Å². The molecule has 0 bridgehead atoms. The molecule has 0 radical (unpaired) electrons. The normalized spacial score (nSPS) is 44.0. The van der Waals surface area contributed by atoms with Crippen molar-refractivity contribution in [1.82, 2.24) is 0 Å². The highest BCUT2D eigenvalue weighted by molar-refractivity contribution is 14.2. The van der Waals surface area contributed by atoms with E-state index in [4.69, 9.17) is 13.7 Å². The van der Waals surface area contributed by atoms with E-state index in [1.54, 1.807) is 0 Å². The van der Waals surface area contributed by atoms with Gasteiger partial charge in [-0.3, -0.25) is 4.79 Å². The van der Waals surface area contributed by atoms with Gasteiger partial charge in [-0.05, 0) is 98.4 Å². The number of rotatable bonds is 7. The lowest BCUT2D eigenvalue weighted by Crippen LogP contribution is -2.53. The zero-order chi connectivity index (χ0) is 22.2. The Hall–Kier alpha value is 0.0500. The number of fused-ring (bicyclic) bond motifs is 5. The highest BCUT2D eigenvalue weighted by atomic mass is 127. The van der Waals surface area contributed by atoms with Gasteiger partial charge in [-0.2, -0.15) is 0 Å². The summed E-state index contributed by atoms with van der Waals surface area (Å²) in [6, 6.07) is 0. The summed E-state index contributed by atoms with van der Waals surface area (Å²) in [5, 5.41) is 0. The number of carbonyl (C=O) groups is 1. The number of allylic oxidation sites excluding steroid dienone is 2. The summed E-state index contributed by atoms with van der Waals surface area (Å²) in [5.74, 6) is 4.42. The second kappa shape index (κ2) is 9.73. The Morgan fingerprint density at radius 2 is 1.87 bits per heavy atom. The summed E-state index contributed by atoms with van der Waals surface area (Å²) >= 11 is 2.28. The van der Waals surface area contributed by atoms with Gasteiger partial charge in [-0.15, -0.1) is 0 Å². The van der Waals surface area contributed by atoms with Crippen LogP contribution in [-0.4, -0.2) is 26.3 Å². The average Bonchev–Trinajstić information content (AvgIpc) is 3.10. The van der Waals surface area contributed by atoms with Crippen molar-refractivity contribution in [3.8, 4) is 0 Å². The maximum absolute atomic E-state index is 11.6. The molecule has 0 amide bonds. The summed E-state index contributed by atoms with van der Waals surface area (Å²) < 4.78 is 16.9. The first-order chi connectivity index (χ1) is 14.9. The number of hydrogen-bond donors (Lipinski definition) is 0. The van der Waals surface area contributed by atoms with Crippen LogP contribution in [0.1, 0.15) is 78.1 Å². The van der Waals surface area contributed by atoms with Crippen molar-refractivity contribution in [2.75, 3.05) is 14.2 Å². The summed E-state index contributed by atoms with van der Waals surface area (Å²) in [6.45, 7) is 5.12. The first kappa shape index (κ1) is 24.2. The fraction of sp³-hybridized carbons (Fsp3) is 0.880. The molecule has 176 valence electrons. The van der Waals surface area contributed by atoms with Crippen LogP contribution in [-0.2, 0) is 18.5 Å². The molecule has 8 atom stereocenters.